The summed E-state index contributed by atoms with van der Waals surface area (Å²) in [4.78, 5) is 22.6. The van der Waals surface area contributed by atoms with Crippen molar-refractivity contribution in [2.45, 2.75) is 25.3 Å². The van der Waals surface area contributed by atoms with Crippen LogP contribution in [-0.4, -0.2) is 42.9 Å². The lowest BCUT2D eigenvalue weighted by Crippen LogP contribution is -2.46. The van der Waals surface area contributed by atoms with Crippen molar-refractivity contribution in [2.75, 3.05) is 19.8 Å². The Hall–Kier alpha value is -2.08. The Morgan fingerprint density at radius 1 is 1.38 bits per heavy atom. The summed E-state index contributed by atoms with van der Waals surface area (Å²) < 4.78 is 5.29. The Balaban J connectivity index is 1.72. The van der Waals surface area contributed by atoms with E-state index >= 15 is 0 Å². The number of nitrogens with one attached hydrogen (secondary N) is 2. The van der Waals surface area contributed by atoms with Crippen molar-refractivity contribution >= 4 is 12.0 Å². The van der Waals surface area contributed by atoms with Crippen molar-refractivity contribution in [1.29, 1.82) is 0 Å². The summed E-state index contributed by atoms with van der Waals surface area (Å²) in [7, 11) is 0. The van der Waals surface area contributed by atoms with E-state index in [1.165, 1.54) is 0 Å². The van der Waals surface area contributed by atoms with Crippen LogP contribution >= 0.6 is 0 Å². The zero-order valence-corrected chi connectivity index (χ0v) is 11.8. The third-order valence-corrected chi connectivity index (χ3v) is 3.37. The lowest BCUT2D eigenvalue weighted by Gasteiger charge is -2.23. The number of amides is 2. The summed E-state index contributed by atoms with van der Waals surface area (Å²) in [6, 6.07) is 6.60. The molecule has 0 aromatic heterocycles. The first-order valence-corrected chi connectivity index (χ1v) is 7.09. The van der Waals surface area contributed by atoms with Gasteiger partial charge in [-0.25, -0.2) is 9.59 Å². The van der Waals surface area contributed by atoms with E-state index in [9.17, 15) is 9.59 Å². The third kappa shape index (κ3) is 5.07. The summed E-state index contributed by atoms with van der Waals surface area (Å²) in [6.45, 7) is 1.79. The van der Waals surface area contributed by atoms with Gasteiger partial charge in [0.2, 0.25) is 0 Å². The molecule has 114 valence electrons. The summed E-state index contributed by atoms with van der Waals surface area (Å²) in [6.07, 6.45) is 2.50. The van der Waals surface area contributed by atoms with E-state index in [0.717, 1.165) is 25.0 Å². The van der Waals surface area contributed by atoms with Crippen molar-refractivity contribution in [3.05, 3.63) is 35.4 Å². The van der Waals surface area contributed by atoms with Crippen LogP contribution < -0.4 is 10.6 Å². The lowest BCUT2D eigenvalue weighted by molar-refractivity contribution is 0.0696. The number of aromatic carboxylic acids is 1. The number of hydrogen-bond acceptors (Lipinski definition) is 3. The first-order valence-electron chi connectivity index (χ1n) is 7.09. The van der Waals surface area contributed by atoms with Gasteiger partial charge in [0.05, 0.1) is 18.2 Å². The number of hydrogen-bond donors (Lipinski definition) is 3. The Kier molecular flexibility index (Phi) is 5.57. The Bertz CT molecular complexity index is 498. The second-order valence-electron chi connectivity index (χ2n) is 5.07. The minimum atomic E-state index is -0.945. The number of carbonyl (C=O) groups excluding carboxylic acids is 1. The van der Waals surface area contributed by atoms with Gasteiger partial charge in [-0.05, 0) is 37.0 Å². The highest BCUT2D eigenvalue weighted by Crippen LogP contribution is 2.06. The number of ether oxygens (including phenoxy) is 1. The molecular formula is C15H20N2O4. The fraction of sp³-hybridized carbons (Fsp3) is 0.467. The van der Waals surface area contributed by atoms with E-state index < -0.39 is 5.97 Å². The fourth-order valence-corrected chi connectivity index (χ4v) is 2.27. The maximum Gasteiger partial charge on any atom is 0.335 e. The van der Waals surface area contributed by atoms with Gasteiger partial charge in [0, 0.05) is 13.2 Å². The topological polar surface area (TPSA) is 87.7 Å². The van der Waals surface area contributed by atoms with E-state index in [2.05, 4.69) is 10.6 Å². The van der Waals surface area contributed by atoms with Crippen molar-refractivity contribution in [1.82, 2.24) is 10.6 Å². The van der Waals surface area contributed by atoms with Crippen LogP contribution in [-0.2, 0) is 11.2 Å². The number of rotatable bonds is 5. The largest absolute Gasteiger partial charge is 0.478 e. The van der Waals surface area contributed by atoms with Crippen LogP contribution in [0.4, 0.5) is 4.79 Å². The highest BCUT2D eigenvalue weighted by Gasteiger charge is 2.15. The third-order valence-electron chi connectivity index (χ3n) is 3.37. The van der Waals surface area contributed by atoms with Gasteiger partial charge in [0.25, 0.3) is 0 Å². The molecule has 1 saturated heterocycles. The minimum Gasteiger partial charge on any atom is -0.478 e. The Labute approximate surface area is 123 Å². The van der Waals surface area contributed by atoms with Gasteiger partial charge in [0.1, 0.15) is 0 Å². The number of urea groups is 1. The van der Waals surface area contributed by atoms with Gasteiger partial charge in [-0.2, -0.15) is 0 Å². The Morgan fingerprint density at radius 3 is 2.95 bits per heavy atom. The van der Waals surface area contributed by atoms with Crippen molar-refractivity contribution in [2.24, 2.45) is 0 Å². The molecular weight excluding hydrogens is 272 g/mol. The number of carboxylic acids is 1. The molecule has 1 atom stereocenters. The van der Waals surface area contributed by atoms with Gasteiger partial charge in [0.15, 0.2) is 0 Å². The Morgan fingerprint density at radius 2 is 2.24 bits per heavy atom. The molecule has 1 aromatic carbocycles. The van der Waals surface area contributed by atoms with E-state index in [4.69, 9.17) is 9.84 Å². The zero-order chi connectivity index (χ0) is 15.1. The average molecular weight is 292 g/mol. The monoisotopic (exact) mass is 292 g/mol. The van der Waals surface area contributed by atoms with Crippen LogP contribution in [0.5, 0.6) is 0 Å². The molecule has 1 aromatic rings. The molecule has 2 rings (SSSR count). The average Bonchev–Trinajstić information content (AvgIpc) is 2.48. The standard InChI is InChI=1S/C15H20N2O4/c18-14(19)12-4-1-3-11(9-12)6-7-16-15(20)17-13-5-2-8-21-10-13/h1,3-4,9,13H,2,5-8,10H2,(H,18,19)(H2,16,17,20). The second kappa shape index (κ2) is 7.64. The number of benzene rings is 1. The van der Waals surface area contributed by atoms with Crippen LogP contribution in [0, 0.1) is 0 Å². The molecule has 0 radical (unpaired) electrons. The predicted octanol–water partition coefficient (Wildman–Crippen LogP) is 1.41. The van der Waals surface area contributed by atoms with Crippen LogP contribution in [0.2, 0.25) is 0 Å². The van der Waals surface area contributed by atoms with Crippen LogP contribution in [0.1, 0.15) is 28.8 Å². The minimum absolute atomic E-state index is 0.0779. The smallest absolute Gasteiger partial charge is 0.335 e. The molecule has 1 fully saturated rings. The first-order chi connectivity index (χ1) is 10.1. The molecule has 1 aliphatic rings. The van der Waals surface area contributed by atoms with Gasteiger partial charge >= 0.3 is 12.0 Å². The molecule has 6 nitrogen and oxygen atoms in total. The fourth-order valence-electron chi connectivity index (χ4n) is 2.27. The van der Waals surface area contributed by atoms with Gasteiger partial charge in [-0.3, -0.25) is 0 Å². The quantitative estimate of drug-likeness (QED) is 0.765. The summed E-state index contributed by atoms with van der Waals surface area (Å²) >= 11 is 0. The van der Waals surface area contributed by atoms with Crippen molar-refractivity contribution < 1.29 is 19.4 Å². The lowest BCUT2D eigenvalue weighted by atomic mass is 10.1. The summed E-state index contributed by atoms with van der Waals surface area (Å²) in [5.41, 5.74) is 1.15. The van der Waals surface area contributed by atoms with E-state index in [-0.39, 0.29) is 17.6 Å². The maximum absolute atomic E-state index is 11.7. The second-order valence-corrected chi connectivity index (χ2v) is 5.07. The number of carboxylic acid groups (broad SMARTS) is 1. The SMILES string of the molecule is O=C(NCCc1cccc(C(=O)O)c1)NC1CCCOC1. The molecule has 1 aliphatic heterocycles. The molecule has 0 spiro atoms. The maximum atomic E-state index is 11.7. The van der Waals surface area contributed by atoms with Crippen LogP contribution in [0.3, 0.4) is 0 Å². The predicted molar refractivity (Wildman–Crippen MR) is 77.5 cm³/mol. The molecule has 21 heavy (non-hydrogen) atoms. The molecule has 0 aliphatic carbocycles. The van der Waals surface area contributed by atoms with Crippen LogP contribution in [0.25, 0.3) is 0 Å². The molecule has 6 heteroatoms. The molecule has 0 bridgehead atoms. The summed E-state index contributed by atoms with van der Waals surface area (Å²) in [5.74, 6) is -0.945. The van der Waals surface area contributed by atoms with E-state index in [0.29, 0.717) is 19.6 Å². The number of carbonyl (C=O) groups is 2. The molecule has 2 amide bonds. The molecule has 3 N–H and O–H groups in total. The zero-order valence-electron chi connectivity index (χ0n) is 11.8. The molecule has 1 heterocycles. The van der Waals surface area contributed by atoms with Gasteiger partial charge in [-0.15, -0.1) is 0 Å². The molecule has 1 unspecified atom stereocenters. The first kappa shape index (κ1) is 15.3. The highest BCUT2D eigenvalue weighted by atomic mass is 16.5. The molecule has 0 saturated carbocycles. The van der Waals surface area contributed by atoms with E-state index in [1.807, 2.05) is 6.07 Å². The van der Waals surface area contributed by atoms with Crippen molar-refractivity contribution in [3.8, 4) is 0 Å². The van der Waals surface area contributed by atoms with Crippen molar-refractivity contribution in [3.63, 3.8) is 0 Å². The normalized spacial score (nSPS) is 18.0. The highest BCUT2D eigenvalue weighted by molar-refractivity contribution is 5.87. The summed E-state index contributed by atoms with van der Waals surface area (Å²) in [5, 5.41) is 14.6. The van der Waals surface area contributed by atoms with E-state index in [1.54, 1.807) is 18.2 Å². The van der Waals surface area contributed by atoms with Crippen LogP contribution in [0.15, 0.2) is 24.3 Å². The van der Waals surface area contributed by atoms with Gasteiger partial charge < -0.3 is 20.5 Å². The van der Waals surface area contributed by atoms with Gasteiger partial charge in [-0.1, -0.05) is 12.1 Å².